The van der Waals surface area contributed by atoms with E-state index >= 15 is 0 Å². The Morgan fingerprint density at radius 1 is 1.18 bits per heavy atom. The number of rotatable bonds is 8. The van der Waals surface area contributed by atoms with Crippen molar-refractivity contribution in [3.05, 3.63) is 70.4 Å². The van der Waals surface area contributed by atoms with Crippen molar-refractivity contribution in [1.82, 2.24) is 4.57 Å². The molecular weight excluding hydrogens is 380 g/mol. The van der Waals surface area contributed by atoms with Gasteiger partial charge in [-0.2, -0.15) is 0 Å². The van der Waals surface area contributed by atoms with Crippen molar-refractivity contribution in [3.63, 3.8) is 0 Å². The number of benzene rings is 2. The Bertz CT molecular complexity index is 1040. The number of aromatic nitrogens is 1. The Labute approximate surface area is 166 Å². The van der Waals surface area contributed by atoms with Crippen molar-refractivity contribution in [2.45, 2.75) is 25.3 Å². The third-order valence-corrected chi connectivity index (χ3v) is 5.12. The summed E-state index contributed by atoms with van der Waals surface area (Å²) in [6.07, 6.45) is 0.386. The summed E-state index contributed by atoms with van der Waals surface area (Å²) in [5.41, 5.74) is 8.22. The minimum Gasteiger partial charge on any atom is -0.481 e. The summed E-state index contributed by atoms with van der Waals surface area (Å²) >= 11 is 6.58. The van der Waals surface area contributed by atoms with Crippen molar-refractivity contribution >= 4 is 40.7 Å². The monoisotopic (exact) mass is 398 g/mol. The van der Waals surface area contributed by atoms with Gasteiger partial charge < -0.3 is 20.2 Å². The van der Waals surface area contributed by atoms with Crippen LogP contribution < -0.4 is 5.73 Å². The van der Waals surface area contributed by atoms with E-state index in [0.717, 1.165) is 11.1 Å². The Morgan fingerprint density at radius 2 is 1.89 bits per heavy atom. The number of carbonyl (C=O) groups excluding carboxylic acids is 2. The zero-order chi connectivity index (χ0) is 20.3. The average molecular weight is 399 g/mol. The molecule has 0 bridgehead atoms. The molecule has 144 valence electrons. The molecule has 1 aromatic heterocycles. The quantitative estimate of drug-likeness (QED) is 0.569. The third-order valence-electron chi connectivity index (χ3n) is 4.69. The fourth-order valence-electron chi connectivity index (χ4n) is 3.37. The van der Waals surface area contributed by atoms with Crippen LogP contribution in [-0.2, 0) is 27.3 Å². The van der Waals surface area contributed by atoms with Gasteiger partial charge in [-0.1, -0.05) is 48.0 Å². The van der Waals surface area contributed by atoms with Crippen molar-refractivity contribution in [3.8, 4) is 0 Å². The van der Waals surface area contributed by atoms with E-state index in [-0.39, 0.29) is 12.8 Å². The topological polar surface area (TPSA) is 102 Å². The fourth-order valence-corrected chi connectivity index (χ4v) is 3.69. The van der Waals surface area contributed by atoms with E-state index in [1.54, 1.807) is 18.2 Å². The molecule has 0 saturated heterocycles. The van der Waals surface area contributed by atoms with Gasteiger partial charge >= 0.3 is 5.97 Å². The molecule has 0 fully saturated rings. The van der Waals surface area contributed by atoms with Gasteiger partial charge in [-0.15, -0.1) is 0 Å². The highest BCUT2D eigenvalue weighted by Crippen LogP contribution is 2.34. The average Bonchev–Trinajstić information content (AvgIpc) is 2.91. The van der Waals surface area contributed by atoms with Crippen LogP contribution in [0.2, 0.25) is 5.15 Å². The first-order valence-corrected chi connectivity index (χ1v) is 9.09. The highest BCUT2D eigenvalue weighted by Gasteiger charge is 2.23. The summed E-state index contributed by atoms with van der Waals surface area (Å²) in [4.78, 5) is 34.0. The van der Waals surface area contributed by atoms with Crippen LogP contribution in [0.15, 0.2) is 48.5 Å². The van der Waals surface area contributed by atoms with E-state index < -0.39 is 17.8 Å². The van der Waals surface area contributed by atoms with Gasteiger partial charge in [0.15, 0.2) is 0 Å². The van der Waals surface area contributed by atoms with Crippen LogP contribution in [0.1, 0.15) is 29.0 Å². The molecule has 0 aliphatic carbocycles. The highest BCUT2D eigenvalue weighted by atomic mass is 35.5. The maximum Gasteiger partial charge on any atom is 0.311 e. The number of carboxylic acid groups (broad SMARTS) is 1. The summed E-state index contributed by atoms with van der Waals surface area (Å²) in [7, 11) is 0. The smallest absolute Gasteiger partial charge is 0.311 e. The largest absolute Gasteiger partial charge is 0.481 e. The van der Waals surface area contributed by atoms with Gasteiger partial charge in [0.05, 0.1) is 12.3 Å². The van der Waals surface area contributed by atoms with Crippen LogP contribution in [0.25, 0.3) is 10.9 Å². The van der Waals surface area contributed by atoms with E-state index in [2.05, 4.69) is 0 Å². The molecule has 6 nitrogen and oxygen atoms in total. The molecule has 3 N–H and O–H groups in total. The number of hydrogen-bond donors (Lipinski definition) is 2. The van der Waals surface area contributed by atoms with Crippen molar-refractivity contribution < 1.29 is 19.5 Å². The van der Waals surface area contributed by atoms with E-state index in [9.17, 15) is 19.5 Å². The van der Waals surface area contributed by atoms with E-state index in [1.165, 1.54) is 0 Å². The van der Waals surface area contributed by atoms with Crippen LogP contribution in [0.4, 0.5) is 0 Å². The second-order valence-electron chi connectivity index (χ2n) is 6.55. The van der Waals surface area contributed by atoms with Gasteiger partial charge in [0.2, 0.25) is 5.91 Å². The molecule has 0 spiro atoms. The number of nitrogens with zero attached hydrogens (tertiary/aromatic N) is 1. The minimum atomic E-state index is -1.09. The molecule has 1 atom stereocenters. The molecule has 7 heteroatoms. The normalized spacial score (nSPS) is 12.0. The van der Waals surface area contributed by atoms with Crippen molar-refractivity contribution in [1.29, 1.82) is 0 Å². The lowest BCUT2D eigenvalue weighted by Gasteiger charge is -2.11. The zero-order valence-electron chi connectivity index (χ0n) is 15.0. The number of carboxylic acids is 1. The number of primary amides is 1. The number of nitrogens with two attached hydrogens (primary N) is 1. The van der Waals surface area contributed by atoms with Crippen LogP contribution in [0, 0.1) is 0 Å². The number of fused-ring (bicyclic) bond motifs is 1. The maximum absolute atomic E-state index is 11.6. The number of aliphatic carboxylic acids is 1. The summed E-state index contributed by atoms with van der Waals surface area (Å²) in [5, 5.41) is 10.5. The van der Waals surface area contributed by atoms with E-state index in [1.807, 2.05) is 34.9 Å². The minimum absolute atomic E-state index is 0.0635. The molecule has 0 aliphatic heterocycles. The maximum atomic E-state index is 11.6. The molecule has 2 aromatic carbocycles. The molecule has 1 heterocycles. The van der Waals surface area contributed by atoms with Crippen LogP contribution in [-0.4, -0.2) is 27.8 Å². The lowest BCUT2D eigenvalue weighted by Crippen LogP contribution is -2.14. The van der Waals surface area contributed by atoms with E-state index in [0.29, 0.717) is 34.5 Å². The molecular formula is C21H19ClN2O4. The number of hydrogen-bond acceptors (Lipinski definition) is 3. The summed E-state index contributed by atoms with van der Waals surface area (Å²) in [6.45, 7) is 0.491. The Hall–Kier alpha value is -3.12. The second kappa shape index (κ2) is 8.27. The summed E-state index contributed by atoms with van der Waals surface area (Å²) in [6, 6.07) is 14.8. The standard InChI is InChI=1S/C21H19ClN2O4/c22-20-17(11-19(23)26)16-10-14(15(8-9-25)21(27)28)6-7-18(16)24(20)12-13-4-2-1-3-5-13/h1-7,9-10,15H,8,11-12H2,(H2,23,26)(H,27,28). The van der Waals surface area contributed by atoms with Gasteiger partial charge in [0.25, 0.3) is 0 Å². The summed E-state index contributed by atoms with van der Waals surface area (Å²) < 4.78 is 1.86. The predicted molar refractivity (Wildman–Crippen MR) is 106 cm³/mol. The van der Waals surface area contributed by atoms with Gasteiger partial charge in [0, 0.05) is 29.4 Å². The summed E-state index contributed by atoms with van der Waals surface area (Å²) in [5.74, 6) is -2.58. The highest BCUT2D eigenvalue weighted by molar-refractivity contribution is 6.32. The molecule has 0 radical (unpaired) electrons. The Morgan fingerprint density at radius 3 is 2.50 bits per heavy atom. The van der Waals surface area contributed by atoms with Crippen molar-refractivity contribution in [2.24, 2.45) is 5.73 Å². The lowest BCUT2D eigenvalue weighted by molar-refractivity contribution is -0.139. The third kappa shape index (κ3) is 3.92. The molecule has 1 unspecified atom stereocenters. The van der Waals surface area contributed by atoms with Gasteiger partial charge in [-0.3, -0.25) is 9.59 Å². The SMILES string of the molecule is NC(=O)Cc1c(Cl)n(Cc2ccccc2)c2ccc(C(CC=O)C(=O)O)cc12. The number of carbonyl (C=O) groups is 3. The van der Waals surface area contributed by atoms with E-state index in [4.69, 9.17) is 17.3 Å². The second-order valence-corrected chi connectivity index (χ2v) is 6.91. The fraction of sp³-hybridized carbons (Fsp3) is 0.190. The number of amides is 1. The first-order valence-electron chi connectivity index (χ1n) is 8.71. The Balaban J connectivity index is 2.17. The predicted octanol–water partition coefficient (Wildman–Crippen LogP) is 3.13. The molecule has 3 rings (SSSR count). The first kappa shape index (κ1) is 19.6. The first-order chi connectivity index (χ1) is 13.4. The van der Waals surface area contributed by atoms with Crippen LogP contribution in [0.3, 0.4) is 0 Å². The number of halogens is 1. The molecule has 0 saturated carbocycles. The van der Waals surface area contributed by atoms with Gasteiger partial charge in [0.1, 0.15) is 11.4 Å². The molecule has 0 aliphatic rings. The van der Waals surface area contributed by atoms with Gasteiger partial charge in [-0.05, 0) is 23.3 Å². The van der Waals surface area contributed by atoms with Crippen LogP contribution >= 0.6 is 11.6 Å². The molecule has 28 heavy (non-hydrogen) atoms. The Kier molecular flexibility index (Phi) is 5.80. The molecule has 3 aromatic rings. The molecule has 1 amide bonds. The van der Waals surface area contributed by atoms with Crippen molar-refractivity contribution in [2.75, 3.05) is 0 Å². The van der Waals surface area contributed by atoms with Gasteiger partial charge in [-0.25, -0.2) is 0 Å². The zero-order valence-corrected chi connectivity index (χ0v) is 15.7. The lowest BCUT2D eigenvalue weighted by atomic mass is 9.94. The number of aldehydes is 1. The van der Waals surface area contributed by atoms with Crippen LogP contribution in [0.5, 0.6) is 0 Å².